The van der Waals surface area contributed by atoms with Crippen molar-refractivity contribution in [2.75, 3.05) is 6.54 Å². The van der Waals surface area contributed by atoms with Crippen LogP contribution in [0.5, 0.6) is 0 Å². The molecule has 1 aliphatic rings. The summed E-state index contributed by atoms with van der Waals surface area (Å²) in [7, 11) is 0. The Hall–Kier alpha value is -1.61. The molecule has 0 aromatic heterocycles. The van der Waals surface area contributed by atoms with Crippen molar-refractivity contribution in [2.45, 2.75) is 18.9 Å². The molecular weight excluding hydrogens is 314 g/mol. The number of hydrogen-bond acceptors (Lipinski definition) is 1. The van der Waals surface area contributed by atoms with Crippen LogP contribution in [0.1, 0.15) is 34.8 Å². The van der Waals surface area contributed by atoms with E-state index in [4.69, 9.17) is 0 Å². The van der Waals surface area contributed by atoms with E-state index in [1.54, 1.807) is 0 Å². The zero-order valence-corrected chi connectivity index (χ0v) is 12.7. The first-order chi connectivity index (χ1) is 9.75. The van der Waals surface area contributed by atoms with Crippen molar-refractivity contribution in [3.63, 3.8) is 0 Å². The van der Waals surface area contributed by atoms with E-state index in [-0.39, 0.29) is 11.9 Å². The van der Waals surface area contributed by atoms with Crippen LogP contribution >= 0.6 is 15.9 Å². The van der Waals surface area contributed by atoms with Crippen LogP contribution in [-0.4, -0.2) is 17.4 Å². The molecule has 2 aromatic carbocycles. The second kappa shape index (κ2) is 5.80. The Morgan fingerprint density at radius 3 is 2.65 bits per heavy atom. The van der Waals surface area contributed by atoms with Crippen LogP contribution in [0, 0.1) is 0 Å². The minimum Gasteiger partial charge on any atom is -0.332 e. The Balaban J connectivity index is 1.87. The van der Waals surface area contributed by atoms with Crippen molar-refractivity contribution in [2.24, 2.45) is 0 Å². The molecule has 20 heavy (non-hydrogen) atoms. The molecule has 1 saturated heterocycles. The van der Waals surface area contributed by atoms with Gasteiger partial charge in [0, 0.05) is 16.6 Å². The second-order valence-corrected chi connectivity index (χ2v) is 5.99. The summed E-state index contributed by atoms with van der Waals surface area (Å²) < 4.78 is 0.943. The van der Waals surface area contributed by atoms with Crippen LogP contribution in [-0.2, 0) is 0 Å². The number of rotatable bonds is 2. The summed E-state index contributed by atoms with van der Waals surface area (Å²) in [5.41, 5.74) is 1.98. The Kier molecular flexibility index (Phi) is 3.88. The monoisotopic (exact) mass is 329 g/mol. The van der Waals surface area contributed by atoms with Gasteiger partial charge in [0.1, 0.15) is 0 Å². The SMILES string of the molecule is O=C(c1cccc(Br)c1)N1CCCC1c1ccccc1. The third kappa shape index (κ3) is 2.63. The lowest BCUT2D eigenvalue weighted by Crippen LogP contribution is -2.30. The predicted octanol–water partition coefficient (Wildman–Crippen LogP) is 4.43. The molecule has 1 atom stereocenters. The zero-order valence-electron chi connectivity index (χ0n) is 11.1. The van der Waals surface area contributed by atoms with Crippen LogP contribution in [0.4, 0.5) is 0 Å². The molecule has 102 valence electrons. The van der Waals surface area contributed by atoms with Gasteiger partial charge in [-0.05, 0) is 36.6 Å². The maximum Gasteiger partial charge on any atom is 0.254 e. The fourth-order valence-electron chi connectivity index (χ4n) is 2.82. The first kappa shape index (κ1) is 13.4. The van der Waals surface area contributed by atoms with Gasteiger partial charge in [0.2, 0.25) is 0 Å². The third-order valence-corrected chi connectivity index (χ3v) is 4.26. The lowest BCUT2D eigenvalue weighted by atomic mass is 10.0. The van der Waals surface area contributed by atoms with Gasteiger partial charge in [-0.3, -0.25) is 4.79 Å². The fraction of sp³-hybridized carbons (Fsp3) is 0.235. The molecule has 1 unspecified atom stereocenters. The van der Waals surface area contributed by atoms with Gasteiger partial charge >= 0.3 is 0 Å². The topological polar surface area (TPSA) is 20.3 Å². The lowest BCUT2D eigenvalue weighted by molar-refractivity contribution is 0.0735. The minimum atomic E-state index is 0.123. The summed E-state index contributed by atoms with van der Waals surface area (Å²) >= 11 is 3.43. The third-order valence-electron chi connectivity index (χ3n) is 3.77. The van der Waals surface area contributed by atoms with E-state index in [1.807, 2.05) is 47.4 Å². The summed E-state index contributed by atoms with van der Waals surface area (Å²) in [5.74, 6) is 0.123. The molecule has 1 aliphatic heterocycles. The maximum atomic E-state index is 12.7. The molecule has 0 radical (unpaired) electrons. The first-order valence-electron chi connectivity index (χ1n) is 6.87. The molecule has 2 aromatic rings. The van der Waals surface area contributed by atoms with Crippen molar-refractivity contribution < 1.29 is 4.79 Å². The van der Waals surface area contributed by atoms with Crippen molar-refractivity contribution in [3.05, 3.63) is 70.2 Å². The first-order valence-corrected chi connectivity index (χ1v) is 7.66. The van der Waals surface area contributed by atoms with Crippen LogP contribution < -0.4 is 0 Å². The van der Waals surface area contributed by atoms with Crippen molar-refractivity contribution in [1.82, 2.24) is 4.90 Å². The molecule has 0 bridgehead atoms. The number of benzene rings is 2. The fourth-order valence-corrected chi connectivity index (χ4v) is 3.22. The summed E-state index contributed by atoms with van der Waals surface area (Å²) in [6.07, 6.45) is 2.11. The molecule has 0 spiro atoms. The standard InChI is InChI=1S/C17H16BrNO/c18-15-9-4-8-14(12-15)17(20)19-11-5-10-16(19)13-6-2-1-3-7-13/h1-4,6-9,12,16H,5,10-11H2. The highest BCUT2D eigenvalue weighted by molar-refractivity contribution is 9.10. The number of hydrogen-bond donors (Lipinski definition) is 0. The molecule has 1 fully saturated rings. The molecule has 0 N–H and O–H groups in total. The summed E-state index contributed by atoms with van der Waals surface area (Å²) in [6, 6.07) is 18.1. The van der Waals surface area contributed by atoms with Gasteiger partial charge < -0.3 is 4.90 Å². The Labute approximate surface area is 127 Å². The molecule has 0 saturated carbocycles. The van der Waals surface area contributed by atoms with E-state index in [2.05, 4.69) is 28.1 Å². The van der Waals surface area contributed by atoms with E-state index in [9.17, 15) is 4.79 Å². The average Bonchev–Trinajstić information content (AvgIpc) is 2.97. The van der Waals surface area contributed by atoms with E-state index in [0.29, 0.717) is 0 Å². The summed E-state index contributed by atoms with van der Waals surface area (Å²) in [6.45, 7) is 0.838. The molecule has 1 amide bonds. The summed E-state index contributed by atoms with van der Waals surface area (Å²) in [4.78, 5) is 14.7. The lowest BCUT2D eigenvalue weighted by Gasteiger charge is -2.25. The highest BCUT2D eigenvalue weighted by atomic mass is 79.9. The Bertz CT molecular complexity index is 611. The van der Waals surface area contributed by atoms with Gasteiger partial charge in [0.15, 0.2) is 0 Å². The number of amides is 1. The van der Waals surface area contributed by atoms with Gasteiger partial charge in [0.05, 0.1) is 6.04 Å². The highest BCUT2D eigenvalue weighted by Crippen LogP contribution is 2.33. The van der Waals surface area contributed by atoms with E-state index < -0.39 is 0 Å². The van der Waals surface area contributed by atoms with Crippen LogP contribution in [0.25, 0.3) is 0 Å². The number of likely N-dealkylation sites (tertiary alicyclic amines) is 1. The molecular formula is C17H16BrNO. The number of nitrogens with zero attached hydrogens (tertiary/aromatic N) is 1. The largest absolute Gasteiger partial charge is 0.332 e. The van der Waals surface area contributed by atoms with E-state index in [0.717, 1.165) is 29.4 Å². The van der Waals surface area contributed by atoms with Crippen LogP contribution in [0.15, 0.2) is 59.1 Å². The van der Waals surface area contributed by atoms with Crippen LogP contribution in [0.2, 0.25) is 0 Å². The molecule has 2 nitrogen and oxygen atoms in total. The van der Waals surface area contributed by atoms with Gasteiger partial charge in [-0.15, -0.1) is 0 Å². The summed E-state index contributed by atoms with van der Waals surface area (Å²) in [5, 5.41) is 0. The van der Waals surface area contributed by atoms with Crippen molar-refractivity contribution in [3.8, 4) is 0 Å². The van der Waals surface area contributed by atoms with Crippen LogP contribution in [0.3, 0.4) is 0 Å². The molecule has 3 heteroatoms. The average molecular weight is 330 g/mol. The highest BCUT2D eigenvalue weighted by Gasteiger charge is 2.30. The van der Waals surface area contributed by atoms with Crippen molar-refractivity contribution >= 4 is 21.8 Å². The zero-order chi connectivity index (χ0) is 13.9. The smallest absolute Gasteiger partial charge is 0.254 e. The predicted molar refractivity (Wildman–Crippen MR) is 83.6 cm³/mol. The van der Waals surface area contributed by atoms with Crippen molar-refractivity contribution in [1.29, 1.82) is 0 Å². The molecule has 0 aliphatic carbocycles. The minimum absolute atomic E-state index is 0.123. The van der Waals surface area contributed by atoms with E-state index >= 15 is 0 Å². The molecule has 1 heterocycles. The number of halogens is 1. The van der Waals surface area contributed by atoms with Gasteiger partial charge in [-0.1, -0.05) is 52.3 Å². The second-order valence-electron chi connectivity index (χ2n) is 5.08. The molecule has 3 rings (SSSR count). The quantitative estimate of drug-likeness (QED) is 0.798. The Morgan fingerprint density at radius 1 is 1.10 bits per heavy atom. The van der Waals surface area contributed by atoms with Gasteiger partial charge in [0.25, 0.3) is 5.91 Å². The van der Waals surface area contributed by atoms with Gasteiger partial charge in [-0.25, -0.2) is 0 Å². The number of carbonyl (C=O) groups excluding carboxylic acids is 1. The van der Waals surface area contributed by atoms with Gasteiger partial charge in [-0.2, -0.15) is 0 Å². The van der Waals surface area contributed by atoms with E-state index in [1.165, 1.54) is 5.56 Å². The normalized spacial score (nSPS) is 18.2. The Morgan fingerprint density at radius 2 is 1.90 bits per heavy atom. The maximum absolute atomic E-state index is 12.7. The number of carbonyl (C=O) groups is 1.